The minimum Gasteiger partial charge on any atom is -0.379 e. The first-order chi connectivity index (χ1) is 11.7. The summed E-state index contributed by atoms with van der Waals surface area (Å²) in [4.78, 5) is 3.00. The second kappa shape index (κ2) is 8.22. The average Bonchev–Trinajstić information content (AvgIpc) is 2.62. The number of ether oxygens (including phenoxy) is 1. The lowest BCUT2D eigenvalue weighted by atomic mass is 10.1. The maximum absolute atomic E-state index is 11.2. The van der Waals surface area contributed by atoms with Crippen molar-refractivity contribution in [3.63, 3.8) is 0 Å². The van der Waals surface area contributed by atoms with E-state index < -0.39 is 11.0 Å². The lowest BCUT2D eigenvalue weighted by molar-refractivity contribution is 0.0342. The molecule has 0 bridgehead atoms. The highest BCUT2D eigenvalue weighted by Crippen LogP contribution is 2.09. The molecule has 1 fully saturated rings. The molecular formula is C19H20N2O2S. The van der Waals surface area contributed by atoms with E-state index in [9.17, 15) is 4.21 Å². The van der Waals surface area contributed by atoms with Crippen molar-refractivity contribution in [2.75, 3.05) is 26.3 Å². The van der Waals surface area contributed by atoms with Gasteiger partial charge in [0.15, 0.2) is 0 Å². The number of hydrogen-bond acceptors (Lipinski definition) is 3. The van der Waals surface area contributed by atoms with E-state index in [-0.39, 0.29) is 0 Å². The van der Waals surface area contributed by atoms with Gasteiger partial charge in [0.25, 0.3) is 0 Å². The highest BCUT2D eigenvalue weighted by atomic mass is 32.2. The van der Waals surface area contributed by atoms with Crippen LogP contribution in [0.25, 0.3) is 0 Å². The normalized spacial score (nSPS) is 16.2. The Kier molecular flexibility index (Phi) is 5.78. The molecule has 0 spiro atoms. The maximum atomic E-state index is 11.2. The SMILES string of the molecule is NS(=O)c1ccc(C#Cc2ccc(CN3CCOCC3)cc2)cc1. The summed E-state index contributed by atoms with van der Waals surface area (Å²) in [5.41, 5.74) is 3.14. The van der Waals surface area contributed by atoms with Crippen molar-refractivity contribution in [2.45, 2.75) is 11.4 Å². The Labute approximate surface area is 145 Å². The van der Waals surface area contributed by atoms with Gasteiger partial charge in [-0.1, -0.05) is 24.0 Å². The van der Waals surface area contributed by atoms with Gasteiger partial charge in [-0.25, -0.2) is 9.35 Å². The molecule has 124 valence electrons. The molecule has 1 aliphatic rings. The quantitative estimate of drug-likeness (QED) is 0.869. The summed E-state index contributed by atoms with van der Waals surface area (Å²) in [6.45, 7) is 4.57. The van der Waals surface area contributed by atoms with Crippen molar-refractivity contribution in [1.29, 1.82) is 0 Å². The topological polar surface area (TPSA) is 55.6 Å². The van der Waals surface area contributed by atoms with Crippen LogP contribution in [-0.2, 0) is 22.3 Å². The number of nitrogens with zero attached hydrogens (tertiary/aromatic N) is 1. The summed E-state index contributed by atoms with van der Waals surface area (Å²) in [7, 11) is -1.44. The molecule has 2 aromatic rings. The molecule has 1 unspecified atom stereocenters. The second-order valence-electron chi connectivity index (χ2n) is 5.66. The Bertz CT molecular complexity index is 755. The van der Waals surface area contributed by atoms with Crippen molar-refractivity contribution in [2.24, 2.45) is 5.14 Å². The standard InChI is InChI=1S/C19H20N2O2S/c20-24(22)19-9-7-17(8-10-19)2-1-16-3-5-18(6-4-16)15-21-11-13-23-14-12-21/h3-10H,11-15,20H2. The third-order valence-corrected chi connectivity index (χ3v) is 4.64. The summed E-state index contributed by atoms with van der Waals surface area (Å²) in [5.74, 6) is 6.26. The molecular weight excluding hydrogens is 320 g/mol. The van der Waals surface area contributed by atoms with Gasteiger partial charge in [0, 0.05) is 30.8 Å². The molecule has 0 aliphatic carbocycles. The van der Waals surface area contributed by atoms with E-state index in [0.717, 1.165) is 44.0 Å². The van der Waals surface area contributed by atoms with Gasteiger partial charge in [-0.3, -0.25) is 4.90 Å². The van der Waals surface area contributed by atoms with Crippen LogP contribution in [0.15, 0.2) is 53.4 Å². The Morgan fingerprint density at radius 2 is 1.50 bits per heavy atom. The first kappa shape index (κ1) is 16.9. The Balaban J connectivity index is 1.62. The lowest BCUT2D eigenvalue weighted by Gasteiger charge is -2.26. The monoisotopic (exact) mass is 340 g/mol. The molecule has 24 heavy (non-hydrogen) atoms. The third-order valence-electron chi connectivity index (χ3n) is 3.90. The van der Waals surface area contributed by atoms with E-state index in [1.807, 2.05) is 24.3 Å². The molecule has 2 aromatic carbocycles. The molecule has 3 rings (SSSR count). The Hall–Kier alpha value is -1.97. The van der Waals surface area contributed by atoms with Gasteiger partial charge in [-0.05, 0) is 42.0 Å². The molecule has 1 aliphatic heterocycles. The van der Waals surface area contributed by atoms with Crippen molar-refractivity contribution in [3.05, 3.63) is 65.2 Å². The van der Waals surface area contributed by atoms with E-state index >= 15 is 0 Å². The summed E-state index contributed by atoms with van der Waals surface area (Å²) in [5, 5.41) is 5.34. The fraction of sp³-hybridized carbons (Fsp3) is 0.263. The Morgan fingerprint density at radius 3 is 2.04 bits per heavy atom. The lowest BCUT2D eigenvalue weighted by Crippen LogP contribution is -2.35. The molecule has 0 radical (unpaired) electrons. The van der Waals surface area contributed by atoms with E-state index in [1.54, 1.807) is 12.1 Å². The molecule has 5 heteroatoms. The zero-order chi connectivity index (χ0) is 16.8. The molecule has 0 aromatic heterocycles. The summed E-state index contributed by atoms with van der Waals surface area (Å²) >= 11 is 0. The highest BCUT2D eigenvalue weighted by molar-refractivity contribution is 7.82. The van der Waals surface area contributed by atoms with Gasteiger partial charge < -0.3 is 4.74 Å². The van der Waals surface area contributed by atoms with Gasteiger partial charge in [-0.2, -0.15) is 0 Å². The summed E-state index contributed by atoms with van der Waals surface area (Å²) < 4.78 is 16.5. The van der Waals surface area contributed by atoms with Gasteiger partial charge in [0.05, 0.1) is 18.1 Å². The van der Waals surface area contributed by atoms with Crippen LogP contribution >= 0.6 is 0 Å². The largest absolute Gasteiger partial charge is 0.379 e. The highest BCUT2D eigenvalue weighted by Gasteiger charge is 2.10. The number of morpholine rings is 1. The predicted octanol–water partition coefficient (Wildman–Crippen LogP) is 1.90. The van der Waals surface area contributed by atoms with Gasteiger partial charge in [-0.15, -0.1) is 0 Å². The summed E-state index contributed by atoms with van der Waals surface area (Å²) in [6, 6.07) is 15.5. The molecule has 1 saturated heterocycles. The van der Waals surface area contributed by atoms with Crippen LogP contribution in [0.4, 0.5) is 0 Å². The van der Waals surface area contributed by atoms with Crippen LogP contribution < -0.4 is 5.14 Å². The zero-order valence-electron chi connectivity index (χ0n) is 13.4. The van der Waals surface area contributed by atoms with Crippen molar-refractivity contribution in [3.8, 4) is 11.8 Å². The summed E-state index contributed by atoms with van der Waals surface area (Å²) in [6.07, 6.45) is 0. The number of hydrogen-bond donors (Lipinski definition) is 1. The molecule has 0 amide bonds. The molecule has 1 heterocycles. The fourth-order valence-corrected chi connectivity index (χ4v) is 2.93. The Morgan fingerprint density at radius 1 is 0.958 bits per heavy atom. The van der Waals surface area contributed by atoms with Crippen LogP contribution in [-0.4, -0.2) is 35.4 Å². The van der Waals surface area contributed by atoms with Crippen molar-refractivity contribution in [1.82, 2.24) is 4.90 Å². The number of nitrogens with two attached hydrogens (primary N) is 1. The number of benzene rings is 2. The first-order valence-corrected chi connectivity index (χ1v) is 9.09. The predicted molar refractivity (Wildman–Crippen MR) is 95.6 cm³/mol. The van der Waals surface area contributed by atoms with Gasteiger partial charge in [0.2, 0.25) is 0 Å². The first-order valence-electron chi connectivity index (χ1n) is 7.88. The molecule has 1 atom stereocenters. The molecule has 4 nitrogen and oxygen atoms in total. The van der Waals surface area contributed by atoms with Gasteiger partial charge in [0.1, 0.15) is 11.0 Å². The van der Waals surface area contributed by atoms with Crippen LogP contribution in [0.5, 0.6) is 0 Å². The second-order valence-corrected chi connectivity index (χ2v) is 6.72. The van der Waals surface area contributed by atoms with E-state index in [0.29, 0.717) is 4.90 Å². The van der Waals surface area contributed by atoms with E-state index in [2.05, 4.69) is 28.9 Å². The van der Waals surface area contributed by atoms with Crippen LogP contribution in [0.3, 0.4) is 0 Å². The smallest absolute Gasteiger partial charge is 0.122 e. The zero-order valence-corrected chi connectivity index (χ0v) is 14.2. The van der Waals surface area contributed by atoms with E-state index in [4.69, 9.17) is 9.88 Å². The minimum absolute atomic E-state index is 0.605. The van der Waals surface area contributed by atoms with Gasteiger partial charge >= 0.3 is 0 Å². The average molecular weight is 340 g/mol. The third kappa shape index (κ3) is 4.76. The molecule has 0 saturated carbocycles. The molecule has 2 N–H and O–H groups in total. The fourth-order valence-electron chi connectivity index (χ4n) is 2.53. The number of rotatable bonds is 3. The van der Waals surface area contributed by atoms with Crippen molar-refractivity contribution >= 4 is 11.0 Å². The van der Waals surface area contributed by atoms with Crippen LogP contribution in [0.2, 0.25) is 0 Å². The van der Waals surface area contributed by atoms with E-state index in [1.165, 1.54) is 5.56 Å². The van der Waals surface area contributed by atoms with Crippen LogP contribution in [0.1, 0.15) is 16.7 Å². The van der Waals surface area contributed by atoms with Crippen LogP contribution in [0, 0.1) is 11.8 Å². The maximum Gasteiger partial charge on any atom is 0.122 e. The van der Waals surface area contributed by atoms with Crippen molar-refractivity contribution < 1.29 is 8.95 Å². The minimum atomic E-state index is -1.44.